The Kier molecular flexibility index (Phi) is 7.25. The van der Waals surface area contributed by atoms with Gasteiger partial charge in [0.05, 0.1) is 12.6 Å². The highest BCUT2D eigenvalue weighted by Gasteiger charge is 2.17. The molecule has 1 aliphatic rings. The molecular formula is C23H29N3O3. The second-order valence-electron chi connectivity index (χ2n) is 7.57. The van der Waals surface area contributed by atoms with E-state index in [2.05, 4.69) is 29.8 Å². The first-order chi connectivity index (χ1) is 14.0. The van der Waals surface area contributed by atoms with Gasteiger partial charge in [0.15, 0.2) is 0 Å². The van der Waals surface area contributed by atoms with Crippen molar-refractivity contribution in [1.82, 2.24) is 5.32 Å². The van der Waals surface area contributed by atoms with Gasteiger partial charge in [0, 0.05) is 30.1 Å². The van der Waals surface area contributed by atoms with E-state index in [9.17, 15) is 9.59 Å². The minimum Gasteiger partial charge on any atom is -0.376 e. The molecule has 6 heteroatoms. The molecule has 1 unspecified atom stereocenters. The topological polar surface area (TPSA) is 79.5 Å². The van der Waals surface area contributed by atoms with E-state index in [1.165, 1.54) is 0 Å². The highest BCUT2D eigenvalue weighted by atomic mass is 16.5. The van der Waals surface area contributed by atoms with E-state index in [0.29, 0.717) is 18.0 Å². The third-order valence-corrected chi connectivity index (χ3v) is 4.95. The van der Waals surface area contributed by atoms with Crippen LogP contribution in [0.25, 0.3) is 0 Å². The van der Waals surface area contributed by atoms with Crippen LogP contribution in [-0.4, -0.2) is 37.6 Å². The summed E-state index contributed by atoms with van der Waals surface area (Å²) in [7, 11) is 0. The van der Waals surface area contributed by atoms with Gasteiger partial charge in [-0.25, -0.2) is 0 Å². The van der Waals surface area contributed by atoms with E-state index >= 15 is 0 Å². The van der Waals surface area contributed by atoms with E-state index in [-0.39, 0.29) is 24.5 Å². The molecule has 0 bridgehead atoms. The molecular weight excluding hydrogens is 366 g/mol. The third-order valence-electron chi connectivity index (χ3n) is 4.95. The SMILES string of the molecule is CC(C)c1ccccc1NC(=O)CNc1cccc(C(=O)NCC2CCCO2)c1. The van der Waals surface area contributed by atoms with Gasteiger partial charge in [-0.05, 0) is 48.6 Å². The lowest BCUT2D eigenvalue weighted by molar-refractivity contribution is -0.114. The number of amides is 2. The van der Waals surface area contributed by atoms with Crippen molar-refractivity contribution in [2.75, 3.05) is 30.3 Å². The van der Waals surface area contributed by atoms with Crippen molar-refractivity contribution in [3.63, 3.8) is 0 Å². The summed E-state index contributed by atoms with van der Waals surface area (Å²) >= 11 is 0. The molecule has 0 aliphatic carbocycles. The van der Waals surface area contributed by atoms with Gasteiger partial charge in [-0.2, -0.15) is 0 Å². The summed E-state index contributed by atoms with van der Waals surface area (Å²) in [5.74, 6) is 0.0510. The van der Waals surface area contributed by atoms with Crippen LogP contribution < -0.4 is 16.0 Å². The zero-order valence-electron chi connectivity index (χ0n) is 17.0. The monoisotopic (exact) mass is 395 g/mol. The number of anilines is 2. The molecule has 0 spiro atoms. The second kappa shape index (κ2) is 10.1. The highest BCUT2D eigenvalue weighted by molar-refractivity contribution is 5.96. The zero-order valence-corrected chi connectivity index (χ0v) is 17.0. The van der Waals surface area contributed by atoms with Gasteiger partial charge in [0.1, 0.15) is 0 Å². The summed E-state index contributed by atoms with van der Waals surface area (Å²) in [6, 6.07) is 15.0. The lowest BCUT2D eigenvalue weighted by Crippen LogP contribution is -2.31. The van der Waals surface area contributed by atoms with Crippen molar-refractivity contribution >= 4 is 23.2 Å². The number of nitrogens with one attached hydrogen (secondary N) is 3. The fraction of sp³-hybridized carbons (Fsp3) is 0.391. The maximum Gasteiger partial charge on any atom is 0.251 e. The number of hydrogen-bond acceptors (Lipinski definition) is 4. The van der Waals surface area contributed by atoms with E-state index in [1.807, 2.05) is 30.3 Å². The first-order valence-electron chi connectivity index (χ1n) is 10.2. The van der Waals surface area contributed by atoms with Crippen LogP contribution >= 0.6 is 0 Å². The van der Waals surface area contributed by atoms with E-state index < -0.39 is 0 Å². The molecule has 154 valence electrons. The van der Waals surface area contributed by atoms with Gasteiger partial charge in [-0.1, -0.05) is 38.1 Å². The van der Waals surface area contributed by atoms with Crippen molar-refractivity contribution in [3.8, 4) is 0 Å². The van der Waals surface area contributed by atoms with Crippen LogP contribution in [0.1, 0.15) is 48.5 Å². The lowest BCUT2D eigenvalue weighted by atomic mass is 10.0. The van der Waals surface area contributed by atoms with Crippen LogP contribution in [0.4, 0.5) is 11.4 Å². The van der Waals surface area contributed by atoms with Crippen LogP contribution in [0.5, 0.6) is 0 Å². The molecule has 6 nitrogen and oxygen atoms in total. The van der Waals surface area contributed by atoms with Gasteiger partial charge in [-0.3, -0.25) is 9.59 Å². The minimum atomic E-state index is -0.139. The average molecular weight is 396 g/mol. The van der Waals surface area contributed by atoms with E-state index in [0.717, 1.165) is 36.4 Å². The molecule has 0 aromatic heterocycles. The van der Waals surface area contributed by atoms with Crippen LogP contribution in [-0.2, 0) is 9.53 Å². The molecule has 1 fully saturated rings. The average Bonchev–Trinajstić information content (AvgIpc) is 3.24. The van der Waals surface area contributed by atoms with E-state index in [1.54, 1.807) is 18.2 Å². The summed E-state index contributed by atoms with van der Waals surface area (Å²) in [4.78, 5) is 24.7. The number of para-hydroxylation sites is 1. The van der Waals surface area contributed by atoms with Crippen LogP contribution in [0.3, 0.4) is 0 Å². The number of hydrogen-bond donors (Lipinski definition) is 3. The maximum absolute atomic E-state index is 12.4. The summed E-state index contributed by atoms with van der Waals surface area (Å²) < 4.78 is 5.53. The Labute approximate surface area is 172 Å². The normalized spacial score (nSPS) is 15.9. The zero-order chi connectivity index (χ0) is 20.6. The molecule has 0 saturated carbocycles. The molecule has 0 radical (unpaired) electrons. The third kappa shape index (κ3) is 6.06. The minimum absolute atomic E-state index is 0.109. The molecule has 1 atom stereocenters. The summed E-state index contributed by atoms with van der Waals surface area (Å²) in [5, 5.41) is 8.96. The molecule has 1 saturated heterocycles. The van der Waals surface area contributed by atoms with Crippen molar-refractivity contribution < 1.29 is 14.3 Å². The highest BCUT2D eigenvalue weighted by Crippen LogP contribution is 2.23. The Morgan fingerprint density at radius 3 is 2.72 bits per heavy atom. The summed E-state index contributed by atoms with van der Waals surface area (Å²) in [6.45, 7) is 5.60. The Bertz CT molecular complexity index is 845. The Balaban J connectivity index is 1.52. The first kappa shape index (κ1) is 20.9. The van der Waals surface area contributed by atoms with Gasteiger partial charge in [-0.15, -0.1) is 0 Å². The van der Waals surface area contributed by atoms with Crippen LogP contribution in [0, 0.1) is 0 Å². The molecule has 3 rings (SSSR count). The van der Waals surface area contributed by atoms with Crippen LogP contribution in [0.15, 0.2) is 48.5 Å². The lowest BCUT2D eigenvalue weighted by Gasteiger charge is -2.14. The van der Waals surface area contributed by atoms with Crippen molar-refractivity contribution in [1.29, 1.82) is 0 Å². The fourth-order valence-electron chi connectivity index (χ4n) is 3.38. The Morgan fingerprint density at radius 2 is 1.97 bits per heavy atom. The van der Waals surface area contributed by atoms with Crippen LogP contribution in [0.2, 0.25) is 0 Å². The number of ether oxygens (including phenoxy) is 1. The molecule has 1 aliphatic heterocycles. The largest absolute Gasteiger partial charge is 0.376 e. The number of carbonyl (C=O) groups excluding carboxylic acids is 2. The quantitative estimate of drug-likeness (QED) is 0.636. The van der Waals surface area contributed by atoms with Crippen molar-refractivity contribution in [2.45, 2.75) is 38.7 Å². The van der Waals surface area contributed by atoms with E-state index in [4.69, 9.17) is 4.74 Å². The Hall–Kier alpha value is -2.86. The molecule has 2 aromatic carbocycles. The Morgan fingerprint density at radius 1 is 1.14 bits per heavy atom. The molecule has 1 heterocycles. The van der Waals surface area contributed by atoms with Crippen molar-refractivity contribution in [2.24, 2.45) is 0 Å². The summed E-state index contributed by atoms with van der Waals surface area (Å²) in [5.41, 5.74) is 3.21. The molecule has 2 amide bonds. The fourth-order valence-corrected chi connectivity index (χ4v) is 3.38. The van der Waals surface area contributed by atoms with Gasteiger partial charge >= 0.3 is 0 Å². The first-order valence-corrected chi connectivity index (χ1v) is 10.2. The predicted octanol–water partition coefficient (Wildman–Crippen LogP) is 3.77. The molecule has 29 heavy (non-hydrogen) atoms. The molecule has 2 aromatic rings. The van der Waals surface area contributed by atoms with Gasteiger partial charge in [0.25, 0.3) is 5.91 Å². The number of carbonyl (C=O) groups is 2. The second-order valence-corrected chi connectivity index (χ2v) is 7.57. The maximum atomic E-state index is 12.4. The van der Waals surface area contributed by atoms with Gasteiger partial charge in [0.2, 0.25) is 5.91 Å². The van der Waals surface area contributed by atoms with Gasteiger partial charge < -0.3 is 20.7 Å². The standard InChI is InChI=1S/C23H29N3O3/c1-16(2)20-10-3-4-11-21(20)26-22(27)15-24-18-8-5-7-17(13-18)23(28)25-14-19-9-6-12-29-19/h3-5,7-8,10-11,13,16,19,24H,6,9,12,14-15H2,1-2H3,(H,25,28)(H,26,27). The predicted molar refractivity (Wildman–Crippen MR) is 115 cm³/mol. The summed E-state index contributed by atoms with van der Waals surface area (Å²) in [6.07, 6.45) is 2.14. The molecule has 3 N–H and O–H groups in total. The smallest absolute Gasteiger partial charge is 0.251 e. The van der Waals surface area contributed by atoms with Crippen molar-refractivity contribution in [3.05, 3.63) is 59.7 Å². The number of benzene rings is 2. The number of rotatable bonds is 8.